The van der Waals surface area contributed by atoms with Gasteiger partial charge in [0.25, 0.3) is 5.91 Å². The van der Waals surface area contributed by atoms with Crippen molar-refractivity contribution in [1.29, 1.82) is 0 Å². The number of hydrogen-bond donors (Lipinski definition) is 3. The summed E-state index contributed by atoms with van der Waals surface area (Å²) in [4.78, 5) is 42.6. The van der Waals surface area contributed by atoms with Gasteiger partial charge in [-0.05, 0) is 55.0 Å². The highest BCUT2D eigenvalue weighted by Gasteiger charge is 2.38. The number of aryl methyl sites for hydroxylation is 1. The average molecular weight is 461 g/mol. The highest BCUT2D eigenvalue weighted by Crippen LogP contribution is 2.34. The number of imide groups is 1. The molecule has 1 fully saturated rings. The van der Waals surface area contributed by atoms with Gasteiger partial charge in [-0.15, -0.1) is 0 Å². The van der Waals surface area contributed by atoms with Crippen LogP contribution in [0.3, 0.4) is 0 Å². The molecule has 1 aliphatic carbocycles. The molecule has 3 N–H and O–H groups in total. The van der Waals surface area contributed by atoms with Crippen molar-refractivity contribution in [3.8, 4) is 5.75 Å². The van der Waals surface area contributed by atoms with E-state index >= 15 is 0 Å². The summed E-state index contributed by atoms with van der Waals surface area (Å²) in [7, 11) is 1.58. The van der Waals surface area contributed by atoms with Crippen molar-refractivity contribution in [2.24, 2.45) is 0 Å². The SMILES string of the molecule is COc1ccc(CN2C(=O)NC(CCC(=O)NC3CCCc4c3[nH]c3ccccc43)C2=O)cc1. The maximum absolute atomic E-state index is 12.8. The predicted molar refractivity (Wildman–Crippen MR) is 127 cm³/mol. The number of methoxy groups -OCH3 is 1. The average Bonchev–Trinajstić information content (AvgIpc) is 3.36. The van der Waals surface area contributed by atoms with Crippen molar-refractivity contribution in [1.82, 2.24) is 20.5 Å². The number of carbonyl (C=O) groups is 3. The van der Waals surface area contributed by atoms with Gasteiger partial charge in [-0.3, -0.25) is 14.5 Å². The molecule has 3 aromatic rings. The zero-order valence-corrected chi connectivity index (χ0v) is 19.1. The van der Waals surface area contributed by atoms with Crippen LogP contribution in [0.15, 0.2) is 48.5 Å². The zero-order valence-electron chi connectivity index (χ0n) is 19.1. The van der Waals surface area contributed by atoms with Crippen LogP contribution in [-0.2, 0) is 22.6 Å². The van der Waals surface area contributed by atoms with Gasteiger partial charge in [-0.25, -0.2) is 4.79 Å². The fourth-order valence-electron chi connectivity index (χ4n) is 4.94. The molecular formula is C26H28N4O4. The Bertz CT molecular complexity index is 1230. The molecule has 1 aromatic heterocycles. The van der Waals surface area contributed by atoms with Crippen LogP contribution in [0.4, 0.5) is 4.79 Å². The number of nitrogens with one attached hydrogen (secondary N) is 3. The lowest BCUT2D eigenvalue weighted by Crippen LogP contribution is -2.34. The first-order chi connectivity index (χ1) is 16.5. The molecule has 0 radical (unpaired) electrons. The van der Waals surface area contributed by atoms with Crippen molar-refractivity contribution >= 4 is 28.7 Å². The number of para-hydroxylation sites is 1. The lowest BCUT2D eigenvalue weighted by molar-refractivity contribution is -0.128. The van der Waals surface area contributed by atoms with Crippen LogP contribution in [-0.4, -0.2) is 40.9 Å². The van der Waals surface area contributed by atoms with Crippen molar-refractivity contribution in [2.45, 2.75) is 50.7 Å². The van der Waals surface area contributed by atoms with Gasteiger partial charge >= 0.3 is 6.03 Å². The molecular weight excluding hydrogens is 432 g/mol. The maximum Gasteiger partial charge on any atom is 0.325 e. The number of carbonyl (C=O) groups excluding carboxylic acids is 3. The number of hydrogen-bond acceptors (Lipinski definition) is 4. The minimum atomic E-state index is -0.688. The molecule has 0 saturated carbocycles. The molecule has 2 atom stereocenters. The summed E-state index contributed by atoms with van der Waals surface area (Å²) >= 11 is 0. The monoisotopic (exact) mass is 460 g/mol. The van der Waals surface area contributed by atoms with E-state index in [4.69, 9.17) is 4.74 Å². The molecule has 1 aliphatic heterocycles. The van der Waals surface area contributed by atoms with E-state index in [0.717, 1.165) is 36.0 Å². The van der Waals surface area contributed by atoms with Gasteiger partial charge < -0.3 is 20.4 Å². The van der Waals surface area contributed by atoms with E-state index < -0.39 is 12.1 Å². The number of benzene rings is 2. The predicted octanol–water partition coefficient (Wildman–Crippen LogP) is 3.57. The Morgan fingerprint density at radius 3 is 2.74 bits per heavy atom. The largest absolute Gasteiger partial charge is 0.497 e. The summed E-state index contributed by atoms with van der Waals surface area (Å²) in [5.41, 5.74) is 4.27. The number of rotatable bonds is 7. The minimum absolute atomic E-state index is 0.0657. The first kappa shape index (κ1) is 22.0. The van der Waals surface area contributed by atoms with Crippen LogP contribution < -0.4 is 15.4 Å². The van der Waals surface area contributed by atoms with E-state index in [1.54, 1.807) is 19.2 Å². The molecule has 176 valence electrons. The van der Waals surface area contributed by atoms with Crippen LogP contribution in [0.1, 0.15) is 48.5 Å². The fraction of sp³-hybridized carbons (Fsp3) is 0.346. The Labute approximate surface area is 197 Å². The summed E-state index contributed by atoms with van der Waals surface area (Å²) in [6.07, 6.45) is 3.32. The molecule has 2 aromatic carbocycles. The molecule has 8 heteroatoms. The van der Waals surface area contributed by atoms with E-state index in [-0.39, 0.29) is 37.2 Å². The molecule has 5 rings (SSSR count). The van der Waals surface area contributed by atoms with Gasteiger partial charge in [0.1, 0.15) is 11.8 Å². The third-order valence-corrected chi connectivity index (χ3v) is 6.72. The number of aromatic nitrogens is 1. The van der Waals surface area contributed by atoms with Crippen molar-refractivity contribution < 1.29 is 19.1 Å². The first-order valence-corrected chi connectivity index (χ1v) is 11.7. The highest BCUT2D eigenvalue weighted by atomic mass is 16.5. The van der Waals surface area contributed by atoms with Gasteiger partial charge in [-0.1, -0.05) is 30.3 Å². The number of amides is 4. The third-order valence-electron chi connectivity index (χ3n) is 6.72. The Morgan fingerprint density at radius 1 is 1.15 bits per heavy atom. The second-order valence-corrected chi connectivity index (χ2v) is 8.89. The number of aromatic amines is 1. The molecule has 0 bridgehead atoms. The van der Waals surface area contributed by atoms with Crippen molar-refractivity contribution in [3.05, 3.63) is 65.4 Å². The smallest absolute Gasteiger partial charge is 0.325 e. The summed E-state index contributed by atoms with van der Waals surface area (Å²) in [5.74, 6) is 0.290. The molecule has 4 amide bonds. The minimum Gasteiger partial charge on any atom is -0.497 e. The Morgan fingerprint density at radius 2 is 1.94 bits per heavy atom. The third kappa shape index (κ3) is 4.23. The Kier molecular flexibility index (Phi) is 5.96. The highest BCUT2D eigenvalue weighted by molar-refractivity contribution is 6.04. The second-order valence-electron chi connectivity index (χ2n) is 8.89. The van der Waals surface area contributed by atoms with Gasteiger partial charge in [0, 0.05) is 23.0 Å². The maximum atomic E-state index is 12.8. The van der Waals surface area contributed by atoms with Crippen LogP contribution in [0.5, 0.6) is 5.75 Å². The van der Waals surface area contributed by atoms with Gasteiger partial charge in [0.15, 0.2) is 0 Å². The molecule has 0 spiro atoms. The Hall–Kier alpha value is -3.81. The van der Waals surface area contributed by atoms with Crippen molar-refractivity contribution in [2.75, 3.05) is 7.11 Å². The zero-order chi connectivity index (χ0) is 23.7. The van der Waals surface area contributed by atoms with E-state index in [2.05, 4.69) is 27.8 Å². The summed E-state index contributed by atoms with van der Waals surface area (Å²) < 4.78 is 5.14. The summed E-state index contributed by atoms with van der Waals surface area (Å²) in [6.45, 7) is 0.183. The van der Waals surface area contributed by atoms with E-state index in [1.165, 1.54) is 15.8 Å². The standard InChI is InChI=1S/C26H28N4O4/c1-34-17-11-9-16(10-12-17)15-30-25(32)22(29-26(30)33)13-14-23(31)27-21-8-4-6-19-18-5-2-3-7-20(18)28-24(19)21/h2-3,5,7,9-12,21-22,28H,4,6,8,13-15H2,1H3,(H,27,31)(H,29,33). The molecule has 8 nitrogen and oxygen atoms in total. The quantitative estimate of drug-likeness (QED) is 0.469. The molecule has 2 heterocycles. The van der Waals surface area contributed by atoms with E-state index in [1.807, 2.05) is 24.3 Å². The number of H-pyrrole nitrogens is 1. The van der Waals surface area contributed by atoms with Crippen LogP contribution in [0, 0.1) is 0 Å². The topological polar surface area (TPSA) is 104 Å². The van der Waals surface area contributed by atoms with E-state index in [0.29, 0.717) is 5.75 Å². The summed E-state index contributed by atoms with van der Waals surface area (Å²) in [5, 5.41) is 7.06. The molecule has 2 aliphatic rings. The Balaban J connectivity index is 1.18. The van der Waals surface area contributed by atoms with Crippen LogP contribution in [0.2, 0.25) is 0 Å². The number of nitrogens with zero attached hydrogens (tertiary/aromatic N) is 1. The van der Waals surface area contributed by atoms with Crippen molar-refractivity contribution in [3.63, 3.8) is 0 Å². The first-order valence-electron chi connectivity index (χ1n) is 11.7. The van der Waals surface area contributed by atoms with Crippen LogP contribution in [0.25, 0.3) is 10.9 Å². The number of urea groups is 1. The van der Waals surface area contributed by atoms with Crippen LogP contribution >= 0.6 is 0 Å². The second kappa shape index (κ2) is 9.21. The fourth-order valence-corrected chi connectivity index (χ4v) is 4.94. The van der Waals surface area contributed by atoms with Gasteiger partial charge in [0.05, 0.1) is 19.7 Å². The molecule has 34 heavy (non-hydrogen) atoms. The number of ether oxygens (including phenoxy) is 1. The summed E-state index contributed by atoms with van der Waals surface area (Å²) in [6, 6.07) is 14.2. The van der Waals surface area contributed by atoms with Gasteiger partial charge in [0.2, 0.25) is 5.91 Å². The lowest BCUT2D eigenvalue weighted by Gasteiger charge is -2.24. The molecule has 1 saturated heterocycles. The van der Waals surface area contributed by atoms with E-state index in [9.17, 15) is 14.4 Å². The lowest BCUT2D eigenvalue weighted by atomic mass is 9.91. The number of fused-ring (bicyclic) bond motifs is 3. The van der Waals surface area contributed by atoms with Gasteiger partial charge in [-0.2, -0.15) is 0 Å². The molecule has 2 unspecified atom stereocenters. The normalized spacial score (nSPS) is 19.7.